The maximum atomic E-state index is 11.6. The van der Waals surface area contributed by atoms with E-state index in [4.69, 9.17) is 10.5 Å². The summed E-state index contributed by atoms with van der Waals surface area (Å²) in [6, 6.07) is 5.66. The molecule has 1 aromatic rings. The molecule has 0 radical (unpaired) electrons. The van der Waals surface area contributed by atoms with Crippen LogP contribution in [-0.4, -0.2) is 19.1 Å². The molecule has 20 heavy (non-hydrogen) atoms. The number of methoxy groups -OCH3 is 1. The summed E-state index contributed by atoms with van der Waals surface area (Å²) in [6.45, 7) is 4.54. The van der Waals surface area contributed by atoms with Crippen LogP contribution in [0.15, 0.2) is 18.2 Å². The summed E-state index contributed by atoms with van der Waals surface area (Å²) < 4.78 is 4.75. The van der Waals surface area contributed by atoms with Crippen LogP contribution in [-0.2, 0) is 4.74 Å². The van der Waals surface area contributed by atoms with Gasteiger partial charge in [-0.05, 0) is 42.9 Å². The largest absolute Gasteiger partial charge is 0.465 e. The van der Waals surface area contributed by atoms with Crippen LogP contribution in [0.25, 0.3) is 0 Å². The van der Waals surface area contributed by atoms with E-state index in [1.165, 1.54) is 20.0 Å². The number of nitrogens with one attached hydrogen (secondary N) is 1. The van der Waals surface area contributed by atoms with Gasteiger partial charge in [0.25, 0.3) is 0 Å². The maximum Gasteiger partial charge on any atom is 0.337 e. The Bertz CT molecular complexity index is 487. The molecular weight excluding hydrogens is 252 g/mol. The first-order chi connectivity index (χ1) is 9.56. The summed E-state index contributed by atoms with van der Waals surface area (Å²) in [5.41, 5.74) is 8.04. The van der Waals surface area contributed by atoms with Gasteiger partial charge in [-0.2, -0.15) is 0 Å². The molecule has 0 aromatic heterocycles. The van der Waals surface area contributed by atoms with Crippen LogP contribution in [0.3, 0.4) is 0 Å². The Morgan fingerprint density at radius 3 is 2.80 bits per heavy atom. The molecule has 110 valence electrons. The molecule has 3 N–H and O–H groups in total. The number of rotatable bonds is 4. The van der Waals surface area contributed by atoms with Gasteiger partial charge in [0.05, 0.1) is 24.0 Å². The number of esters is 1. The predicted molar refractivity (Wildman–Crippen MR) is 81.8 cm³/mol. The quantitative estimate of drug-likeness (QED) is 0.654. The molecule has 1 aliphatic carbocycles. The van der Waals surface area contributed by atoms with Crippen LogP contribution in [0.4, 0.5) is 11.4 Å². The number of anilines is 2. The molecule has 0 spiro atoms. The van der Waals surface area contributed by atoms with Crippen molar-refractivity contribution < 1.29 is 9.53 Å². The van der Waals surface area contributed by atoms with E-state index in [1.54, 1.807) is 18.2 Å². The molecule has 1 fully saturated rings. The van der Waals surface area contributed by atoms with Crippen LogP contribution in [0.1, 0.15) is 43.5 Å². The summed E-state index contributed by atoms with van der Waals surface area (Å²) in [5.74, 6) is 1.07. The van der Waals surface area contributed by atoms with E-state index in [0.29, 0.717) is 23.2 Å². The SMILES string of the molecule is CCC1CCC(Nc2cc(C(=O)OC)ccc2N)C1C. The number of nitrogens with two attached hydrogens (primary N) is 1. The number of benzene rings is 1. The minimum Gasteiger partial charge on any atom is -0.465 e. The zero-order chi connectivity index (χ0) is 14.7. The van der Waals surface area contributed by atoms with E-state index in [-0.39, 0.29) is 5.97 Å². The number of nitrogen functional groups attached to an aromatic ring is 1. The van der Waals surface area contributed by atoms with Crippen molar-refractivity contribution in [2.75, 3.05) is 18.2 Å². The van der Waals surface area contributed by atoms with Crippen molar-refractivity contribution in [3.8, 4) is 0 Å². The van der Waals surface area contributed by atoms with Crippen molar-refractivity contribution in [2.45, 2.75) is 39.2 Å². The third-order valence-corrected chi connectivity index (χ3v) is 4.57. The van der Waals surface area contributed by atoms with Gasteiger partial charge < -0.3 is 15.8 Å². The zero-order valence-corrected chi connectivity index (χ0v) is 12.5. The maximum absolute atomic E-state index is 11.6. The van der Waals surface area contributed by atoms with Gasteiger partial charge in [-0.15, -0.1) is 0 Å². The van der Waals surface area contributed by atoms with E-state index >= 15 is 0 Å². The normalized spacial score (nSPS) is 25.4. The second-order valence-electron chi connectivity index (χ2n) is 5.65. The standard InChI is InChI=1S/C16H24N2O2/c1-4-11-6-8-14(10(11)2)18-15-9-12(16(19)20-3)5-7-13(15)17/h5,7,9-11,14,18H,4,6,8,17H2,1-3H3. The lowest BCUT2D eigenvalue weighted by Gasteiger charge is -2.23. The number of hydrogen-bond donors (Lipinski definition) is 2. The fraction of sp³-hybridized carbons (Fsp3) is 0.562. The van der Waals surface area contributed by atoms with E-state index in [0.717, 1.165) is 18.0 Å². The van der Waals surface area contributed by atoms with Crippen molar-refractivity contribution in [1.29, 1.82) is 0 Å². The summed E-state index contributed by atoms with van der Waals surface area (Å²) in [5, 5.41) is 3.51. The molecule has 1 aromatic carbocycles. The fourth-order valence-electron chi connectivity index (χ4n) is 3.15. The lowest BCUT2D eigenvalue weighted by Crippen LogP contribution is -2.25. The molecule has 0 bridgehead atoms. The smallest absolute Gasteiger partial charge is 0.337 e. The summed E-state index contributed by atoms with van der Waals surface area (Å²) in [6.07, 6.45) is 3.63. The first kappa shape index (κ1) is 14.7. The Hall–Kier alpha value is -1.71. The Morgan fingerprint density at radius 2 is 2.20 bits per heavy atom. The summed E-state index contributed by atoms with van der Waals surface area (Å²) in [7, 11) is 1.39. The highest BCUT2D eigenvalue weighted by Gasteiger charge is 2.31. The lowest BCUT2D eigenvalue weighted by atomic mass is 9.93. The average molecular weight is 276 g/mol. The molecule has 3 unspecified atom stereocenters. The second kappa shape index (κ2) is 6.16. The van der Waals surface area contributed by atoms with Crippen LogP contribution in [0, 0.1) is 11.8 Å². The Morgan fingerprint density at radius 1 is 1.45 bits per heavy atom. The van der Waals surface area contributed by atoms with Crippen LogP contribution in [0.2, 0.25) is 0 Å². The van der Waals surface area contributed by atoms with Gasteiger partial charge in [-0.3, -0.25) is 0 Å². The van der Waals surface area contributed by atoms with Crippen LogP contribution < -0.4 is 11.1 Å². The number of carbonyl (C=O) groups is 1. The zero-order valence-electron chi connectivity index (χ0n) is 12.5. The van der Waals surface area contributed by atoms with Crippen molar-refractivity contribution in [2.24, 2.45) is 11.8 Å². The molecule has 0 saturated heterocycles. The topological polar surface area (TPSA) is 64.3 Å². The molecule has 4 nitrogen and oxygen atoms in total. The van der Waals surface area contributed by atoms with Crippen LogP contribution in [0.5, 0.6) is 0 Å². The number of hydrogen-bond acceptors (Lipinski definition) is 4. The highest BCUT2D eigenvalue weighted by atomic mass is 16.5. The van der Waals surface area contributed by atoms with Crippen molar-refractivity contribution in [3.05, 3.63) is 23.8 Å². The molecule has 1 aliphatic rings. The third kappa shape index (κ3) is 2.89. The van der Waals surface area contributed by atoms with E-state index in [2.05, 4.69) is 19.2 Å². The first-order valence-electron chi connectivity index (χ1n) is 7.31. The van der Waals surface area contributed by atoms with E-state index in [9.17, 15) is 4.79 Å². The van der Waals surface area contributed by atoms with Gasteiger partial charge >= 0.3 is 5.97 Å². The molecule has 1 saturated carbocycles. The second-order valence-corrected chi connectivity index (χ2v) is 5.65. The van der Waals surface area contributed by atoms with E-state index < -0.39 is 0 Å². The van der Waals surface area contributed by atoms with Gasteiger partial charge in [0, 0.05) is 6.04 Å². The molecule has 0 amide bonds. The third-order valence-electron chi connectivity index (χ3n) is 4.57. The van der Waals surface area contributed by atoms with Crippen molar-refractivity contribution >= 4 is 17.3 Å². The molecule has 4 heteroatoms. The molecule has 2 rings (SSSR count). The van der Waals surface area contributed by atoms with Gasteiger partial charge in [0.1, 0.15) is 0 Å². The van der Waals surface area contributed by atoms with Gasteiger partial charge in [0.15, 0.2) is 0 Å². The first-order valence-corrected chi connectivity index (χ1v) is 7.31. The van der Waals surface area contributed by atoms with Crippen LogP contribution >= 0.6 is 0 Å². The minimum atomic E-state index is -0.334. The fourth-order valence-corrected chi connectivity index (χ4v) is 3.15. The minimum absolute atomic E-state index is 0.334. The predicted octanol–water partition coefficient (Wildman–Crippen LogP) is 3.29. The Kier molecular flexibility index (Phi) is 4.53. The summed E-state index contributed by atoms with van der Waals surface area (Å²) >= 11 is 0. The summed E-state index contributed by atoms with van der Waals surface area (Å²) in [4.78, 5) is 11.6. The van der Waals surface area contributed by atoms with Gasteiger partial charge in [0.2, 0.25) is 0 Å². The van der Waals surface area contributed by atoms with Crippen molar-refractivity contribution in [3.63, 3.8) is 0 Å². The van der Waals surface area contributed by atoms with Gasteiger partial charge in [-0.1, -0.05) is 20.3 Å². The monoisotopic (exact) mass is 276 g/mol. The van der Waals surface area contributed by atoms with Gasteiger partial charge in [-0.25, -0.2) is 4.79 Å². The molecule has 0 aliphatic heterocycles. The molecule has 0 heterocycles. The average Bonchev–Trinajstić information content (AvgIpc) is 2.81. The Balaban J connectivity index is 2.15. The van der Waals surface area contributed by atoms with Crippen molar-refractivity contribution in [1.82, 2.24) is 0 Å². The lowest BCUT2D eigenvalue weighted by molar-refractivity contribution is 0.0601. The Labute approximate surface area is 120 Å². The van der Waals surface area contributed by atoms with E-state index in [1.807, 2.05) is 0 Å². The number of carbonyl (C=O) groups excluding carboxylic acids is 1. The highest BCUT2D eigenvalue weighted by molar-refractivity contribution is 5.92. The number of ether oxygens (including phenoxy) is 1. The molecular formula is C16H24N2O2. The molecule has 3 atom stereocenters. The highest BCUT2D eigenvalue weighted by Crippen LogP contribution is 2.36.